The fourth-order valence-corrected chi connectivity index (χ4v) is 2.68. The van der Waals surface area contributed by atoms with Gasteiger partial charge < -0.3 is 4.90 Å². The molecule has 1 aliphatic heterocycles. The summed E-state index contributed by atoms with van der Waals surface area (Å²) in [6.45, 7) is 3.13. The van der Waals surface area contributed by atoms with Crippen molar-refractivity contribution in [3.05, 3.63) is 35.9 Å². The average molecular weight is 259 g/mol. The van der Waals surface area contributed by atoms with Gasteiger partial charge in [-0.1, -0.05) is 0 Å². The van der Waals surface area contributed by atoms with Crippen LogP contribution in [0.1, 0.15) is 30.1 Å². The number of amides is 1. The van der Waals surface area contributed by atoms with Crippen LogP contribution in [0.15, 0.2) is 24.7 Å². The van der Waals surface area contributed by atoms with Crippen molar-refractivity contribution in [2.45, 2.75) is 32.4 Å². The van der Waals surface area contributed by atoms with Crippen molar-refractivity contribution in [3.63, 3.8) is 0 Å². The standard InChI is InChI=1S/C13H17N5O/c1-10-8-14-16-13(10)11-4-2-7-18(11)12(19)9-17-6-3-5-15-17/h3,5-6,8,11H,2,4,7,9H2,1H3,(H,14,16)/t11-/m1/s1. The molecule has 1 N–H and O–H groups in total. The molecule has 0 radical (unpaired) electrons. The molecular weight excluding hydrogens is 242 g/mol. The predicted molar refractivity (Wildman–Crippen MR) is 69.2 cm³/mol. The third-order valence-electron chi connectivity index (χ3n) is 3.63. The Labute approximate surface area is 111 Å². The maximum absolute atomic E-state index is 12.4. The molecule has 0 aromatic carbocycles. The first-order valence-corrected chi connectivity index (χ1v) is 6.52. The maximum atomic E-state index is 12.4. The molecule has 1 saturated heterocycles. The Morgan fingerprint density at radius 2 is 2.47 bits per heavy atom. The lowest BCUT2D eigenvalue weighted by Gasteiger charge is -2.24. The normalized spacial score (nSPS) is 19.0. The molecule has 0 spiro atoms. The van der Waals surface area contributed by atoms with Crippen LogP contribution in [0.3, 0.4) is 0 Å². The van der Waals surface area contributed by atoms with E-state index in [-0.39, 0.29) is 11.9 Å². The van der Waals surface area contributed by atoms with E-state index in [1.165, 1.54) is 0 Å². The van der Waals surface area contributed by atoms with Crippen LogP contribution in [-0.2, 0) is 11.3 Å². The molecule has 0 bridgehead atoms. The van der Waals surface area contributed by atoms with Crippen molar-refractivity contribution in [3.8, 4) is 0 Å². The van der Waals surface area contributed by atoms with Crippen molar-refractivity contribution in [2.75, 3.05) is 6.54 Å². The van der Waals surface area contributed by atoms with Gasteiger partial charge in [0.15, 0.2) is 0 Å². The molecule has 1 fully saturated rings. The van der Waals surface area contributed by atoms with E-state index < -0.39 is 0 Å². The number of nitrogens with zero attached hydrogens (tertiary/aromatic N) is 4. The summed E-state index contributed by atoms with van der Waals surface area (Å²) in [5, 5.41) is 11.2. The first kappa shape index (κ1) is 12.0. The number of likely N-dealkylation sites (tertiary alicyclic amines) is 1. The molecule has 2 aromatic heterocycles. The average Bonchev–Trinajstić information content (AvgIpc) is 3.07. The van der Waals surface area contributed by atoms with Gasteiger partial charge in [-0.25, -0.2) is 0 Å². The molecule has 3 rings (SSSR count). The number of aromatic nitrogens is 4. The fraction of sp³-hybridized carbons (Fsp3) is 0.462. The second-order valence-corrected chi connectivity index (χ2v) is 4.92. The molecular formula is C13H17N5O. The molecule has 1 aliphatic rings. The lowest BCUT2D eigenvalue weighted by Crippen LogP contribution is -2.34. The van der Waals surface area contributed by atoms with Crippen LogP contribution in [-0.4, -0.2) is 37.3 Å². The molecule has 1 atom stereocenters. The topological polar surface area (TPSA) is 66.8 Å². The number of nitrogens with one attached hydrogen (secondary N) is 1. The number of aromatic amines is 1. The van der Waals surface area contributed by atoms with Gasteiger partial charge in [-0.3, -0.25) is 14.6 Å². The second-order valence-electron chi connectivity index (χ2n) is 4.92. The summed E-state index contributed by atoms with van der Waals surface area (Å²) in [5.74, 6) is 0.111. The summed E-state index contributed by atoms with van der Waals surface area (Å²) in [5.41, 5.74) is 2.18. The van der Waals surface area contributed by atoms with Crippen LogP contribution in [0, 0.1) is 6.92 Å². The SMILES string of the molecule is Cc1cn[nH]c1[C@H]1CCCN1C(=O)Cn1cccn1. The van der Waals surface area contributed by atoms with Gasteiger partial charge in [0.25, 0.3) is 0 Å². The first-order chi connectivity index (χ1) is 9.25. The number of hydrogen-bond donors (Lipinski definition) is 1. The number of aryl methyl sites for hydroxylation is 1. The Kier molecular flexibility index (Phi) is 3.06. The summed E-state index contributed by atoms with van der Waals surface area (Å²) in [6.07, 6.45) is 7.34. The number of carbonyl (C=O) groups is 1. The molecule has 3 heterocycles. The lowest BCUT2D eigenvalue weighted by atomic mass is 10.1. The first-order valence-electron chi connectivity index (χ1n) is 6.52. The van der Waals surface area contributed by atoms with E-state index in [9.17, 15) is 4.79 Å². The third-order valence-corrected chi connectivity index (χ3v) is 3.63. The predicted octanol–water partition coefficient (Wildman–Crippen LogP) is 1.28. The molecule has 0 saturated carbocycles. The van der Waals surface area contributed by atoms with Crippen molar-refractivity contribution < 1.29 is 4.79 Å². The zero-order valence-corrected chi connectivity index (χ0v) is 10.9. The monoisotopic (exact) mass is 259 g/mol. The van der Waals surface area contributed by atoms with Gasteiger partial charge in [0.05, 0.1) is 17.9 Å². The largest absolute Gasteiger partial charge is 0.332 e. The van der Waals surface area contributed by atoms with E-state index in [0.717, 1.165) is 30.6 Å². The van der Waals surface area contributed by atoms with Gasteiger partial charge in [0.2, 0.25) is 5.91 Å². The highest BCUT2D eigenvalue weighted by molar-refractivity contribution is 5.76. The number of carbonyl (C=O) groups excluding carboxylic acids is 1. The van der Waals surface area contributed by atoms with Crippen molar-refractivity contribution in [1.29, 1.82) is 0 Å². The summed E-state index contributed by atoms with van der Waals surface area (Å²) >= 11 is 0. The smallest absolute Gasteiger partial charge is 0.244 e. The number of hydrogen-bond acceptors (Lipinski definition) is 3. The second kappa shape index (κ2) is 4.87. The molecule has 6 nitrogen and oxygen atoms in total. The van der Waals surface area contributed by atoms with Gasteiger partial charge >= 0.3 is 0 Å². The molecule has 6 heteroatoms. The van der Waals surface area contributed by atoms with Gasteiger partial charge in [0, 0.05) is 18.9 Å². The van der Waals surface area contributed by atoms with E-state index in [2.05, 4.69) is 15.3 Å². The summed E-state index contributed by atoms with van der Waals surface area (Å²) < 4.78 is 1.66. The van der Waals surface area contributed by atoms with E-state index in [0.29, 0.717) is 6.54 Å². The molecule has 0 aliphatic carbocycles. The van der Waals surface area contributed by atoms with Crippen LogP contribution in [0.5, 0.6) is 0 Å². The molecule has 0 unspecified atom stereocenters. The molecule has 100 valence electrons. The fourth-order valence-electron chi connectivity index (χ4n) is 2.68. The quantitative estimate of drug-likeness (QED) is 0.903. The van der Waals surface area contributed by atoms with Crippen molar-refractivity contribution in [1.82, 2.24) is 24.9 Å². The molecule has 2 aromatic rings. The Balaban J connectivity index is 1.76. The summed E-state index contributed by atoms with van der Waals surface area (Å²) in [6, 6.07) is 1.96. The van der Waals surface area contributed by atoms with Crippen molar-refractivity contribution >= 4 is 5.91 Å². The van der Waals surface area contributed by atoms with Gasteiger partial charge in [0.1, 0.15) is 6.54 Å². The molecule has 19 heavy (non-hydrogen) atoms. The highest BCUT2D eigenvalue weighted by Crippen LogP contribution is 2.32. The van der Waals surface area contributed by atoms with Crippen LogP contribution in [0.25, 0.3) is 0 Å². The van der Waals surface area contributed by atoms with Gasteiger partial charge in [-0.2, -0.15) is 10.2 Å². The zero-order chi connectivity index (χ0) is 13.2. The summed E-state index contributed by atoms with van der Waals surface area (Å²) in [4.78, 5) is 14.3. The zero-order valence-electron chi connectivity index (χ0n) is 10.9. The van der Waals surface area contributed by atoms with Crippen LogP contribution >= 0.6 is 0 Å². The number of H-pyrrole nitrogens is 1. The van der Waals surface area contributed by atoms with Gasteiger partial charge in [-0.05, 0) is 31.4 Å². The van der Waals surface area contributed by atoms with Gasteiger partial charge in [-0.15, -0.1) is 0 Å². The highest BCUT2D eigenvalue weighted by atomic mass is 16.2. The minimum Gasteiger partial charge on any atom is -0.332 e. The Hall–Kier alpha value is -2.11. The Morgan fingerprint density at radius 3 is 3.16 bits per heavy atom. The highest BCUT2D eigenvalue weighted by Gasteiger charge is 2.31. The van der Waals surface area contributed by atoms with E-state index in [1.54, 1.807) is 10.9 Å². The minimum absolute atomic E-state index is 0.111. The number of rotatable bonds is 3. The summed E-state index contributed by atoms with van der Waals surface area (Å²) in [7, 11) is 0. The van der Waals surface area contributed by atoms with Crippen LogP contribution < -0.4 is 0 Å². The molecule has 1 amide bonds. The minimum atomic E-state index is 0.111. The van der Waals surface area contributed by atoms with E-state index in [1.807, 2.05) is 30.3 Å². The van der Waals surface area contributed by atoms with Crippen molar-refractivity contribution in [2.24, 2.45) is 0 Å². The third kappa shape index (κ3) is 2.25. The maximum Gasteiger partial charge on any atom is 0.244 e. The lowest BCUT2D eigenvalue weighted by molar-refractivity contribution is -0.133. The van der Waals surface area contributed by atoms with E-state index in [4.69, 9.17) is 0 Å². The van der Waals surface area contributed by atoms with Crippen LogP contribution in [0.4, 0.5) is 0 Å². The Morgan fingerprint density at radius 1 is 1.58 bits per heavy atom. The van der Waals surface area contributed by atoms with E-state index >= 15 is 0 Å². The Bertz CT molecular complexity index is 559. The van der Waals surface area contributed by atoms with Crippen LogP contribution in [0.2, 0.25) is 0 Å².